The van der Waals surface area contributed by atoms with Crippen molar-refractivity contribution in [1.29, 1.82) is 0 Å². The van der Waals surface area contributed by atoms with Crippen LogP contribution in [0.4, 0.5) is 5.82 Å². The van der Waals surface area contributed by atoms with E-state index in [-0.39, 0.29) is 21.0 Å². The van der Waals surface area contributed by atoms with E-state index in [9.17, 15) is 8.42 Å². The van der Waals surface area contributed by atoms with Crippen molar-refractivity contribution in [2.45, 2.75) is 41.0 Å². The highest BCUT2D eigenvalue weighted by molar-refractivity contribution is 7.99. The molecule has 0 amide bonds. The third kappa shape index (κ3) is 3.17. The number of hydrogen-bond donors (Lipinski definition) is 1. The molecule has 9 heteroatoms. The zero-order valence-electron chi connectivity index (χ0n) is 14.8. The van der Waals surface area contributed by atoms with Gasteiger partial charge < -0.3 is 5.73 Å². The van der Waals surface area contributed by atoms with Crippen LogP contribution in [0, 0.1) is 0 Å². The Morgan fingerprint density at radius 3 is 2.35 bits per heavy atom. The summed E-state index contributed by atoms with van der Waals surface area (Å²) < 4.78 is 27.7. The normalized spacial score (nSPS) is 12.7. The highest BCUT2D eigenvalue weighted by Crippen LogP contribution is 2.34. The predicted octanol–water partition coefficient (Wildman–Crippen LogP) is 3.82. The number of nitrogens with two attached hydrogens (primary N) is 1. The Labute approximate surface area is 161 Å². The summed E-state index contributed by atoms with van der Waals surface area (Å²) in [6.07, 6.45) is 1.76. The highest BCUT2D eigenvalue weighted by Gasteiger charge is 2.29. The molecule has 2 heterocycles. The first-order chi connectivity index (χ1) is 12.1. The van der Waals surface area contributed by atoms with Crippen molar-refractivity contribution >= 4 is 44.7 Å². The Morgan fingerprint density at radius 2 is 1.81 bits per heavy atom. The second kappa shape index (κ2) is 6.44. The van der Waals surface area contributed by atoms with Crippen LogP contribution in [-0.2, 0) is 15.3 Å². The molecule has 0 radical (unpaired) electrons. The maximum absolute atomic E-state index is 13.2. The van der Waals surface area contributed by atoms with E-state index in [1.165, 1.54) is 40.5 Å². The van der Waals surface area contributed by atoms with Crippen molar-refractivity contribution in [2.75, 3.05) is 12.0 Å². The van der Waals surface area contributed by atoms with E-state index in [1.807, 2.05) is 26.8 Å². The van der Waals surface area contributed by atoms with Gasteiger partial charge in [0.2, 0.25) is 9.84 Å². The van der Waals surface area contributed by atoms with Crippen LogP contribution in [0.5, 0.6) is 0 Å². The standard InChI is InChI=1S/C17H19ClN4O2S2/c1-17(2,3)12-9-13-20-16(25-4)14(15(19)22(13)21-12)26(23,24)11-7-5-10(18)6-8-11/h5-9H,19H2,1-4H3. The van der Waals surface area contributed by atoms with E-state index in [0.29, 0.717) is 15.7 Å². The van der Waals surface area contributed by atoms with Crippen LogP contribution in [0.25, 0.3) is 5.65 Å². The molecule has 0 bridgehead atoms. The first-order valence-corrected chi connectivity index (χ1v) is 10.9. The van der Waals surface area contributed by atoms with E-state index in [4.69, 9.17) is 17.3 Å². The number of halogens is 1. The summed E-state index contributed by atoms with van der Waals surface area (Å²) in [5.74, 6) is 0.0461. The van der Waals surface area contributed by atoms with Crippen LogP contribution in [0.1, 0.15) is 26.5 Å². The molecule has 26 heavy (non-hydrogen) atoms. The monoisotopic (exact) mass is 410 g/mol. The molecule has 0 fully saturated rings. The molecule has 1 aromatic carbocycles. The van der Waals surface area contributed by atoms with Gasteiger partial charge in [0.25, 0.3) is 0 Å². The minimum absolute atomic E-state index is 0.0385. The van der Waals surface area contributed by atoms with E-state index in [0.717, 1.165) is 5.69 Å². The molecule has 0 aliphatic carbocycles. The molecule has 3 rings (SSSR count). The molecule has 138 valence electrons. The molecular formula is C17H19ClN4O2S2. The molecule has 0 unspecified atom stereocenters. The van der Waals surface area contributed by atoms with Gasteiger partial charge in [0.1, 0.15) is 15.7 Å². The number of hydrogen-bond acceptors (Lipinski definition) is 6. The molecule has 0 saturated heterocycles. The van der Waals surface area contributed by atoms with Crippen molar-refractivity contribution in [1.82, 2.24) is 14.6 Å². The number of fused-ring (bicyclic) bond motifs is 1. The Hall–Kier alpha value is -1.77. The fourth-order valence-corrected chi connectivity index (χ4v) is 5.03. The fraction of sp³-hybridized carbons (Fsp3) is 0.294. The average Bonchev–Trinajstić information content (AvgIpc) is 2.99. The van der Waals surface area contributed by atoms with E-state index in [2.05, 4.69) is 10.1 Å². The minimum Gasteiger partial charge on any atom is -0.382 e. The first-order valence-electron chi connectivity index (χ1n) is 7.80. The molecule has 2 N–H and O–H groups in total. The molecule has 3 aromatic rings. The zero-order chi connectivity index (χ0) is 19.3. The number of thioether (sulfide) groups is 1. The molecule has 0 saturated carbocycles. The van der Waals surface area contributed by atoms with Crippen molar-refractivity contribution in [3.8, 4) is 0 Å². The first kappa shape index (κ1) is 19.0. The van der Waals surface area contributed by atoms with Gasteiger partial charge in [-0.05, 0) is 30.5 Å². The number of sulfone groups is 1. The Kier molecular flexibility index (Phi) is 4.71. The topological polar surface area (TPSA) is 90.3 Å². The van der Waals surface area contributed by atoms with Crippen molar-refractivity contribution in [3.05, 3.63) is 41.0 Å². The lowest BCUT2D eigenvalue weighted by Gasteiger charge is -2.14. The van der Waals surface area contributed by atoms with Gasteiger partial charge in [0, 0.05) is 16.5 Å². The SMILES string of the molecule is CSc1nc2cc(C(C)(C)C)nn2c(N)c1S(=O)(=O)c1ccc(Cl)cc1. The van der Waals surface area contributed by atoms with Crippen LogP contribution in [0.2, 0.25) is 5.02 Å². The lowest BCUT2D eigenvalue weighted by atomic mass is 9.93. The molecule has 0 aliphatic heterocycles. The smallest absolute Gasteiger partial charge is 0.212 e. The van der Waals surface area contributed by atoms with Gasteiger partial charge in [-0.3, -0.25) is 0 Å². The Morgan fingerprint density at radius 1 is 1.19 bits per heavy atom. The maximum atomic E-state index is 13.2. The summed E-state index contributed by atoms with van der Waals surface area (Å²) in [7, 11) is -3.87. The summed E-state index contributed by atoms with van der Waals surface area (Å²) in [5.41, 5.74) is 7.34. The van der Waals surface area contributed by atoms with Gasteiger partial charge >= 0.3 is 0 Å². The fourth-order valence-electron chi connectivity index (χ4n) is 2.48. The Bertz CT molecular complexity index is 1080. The second-order valence-corrected chi connectivity index (χ2v) is 9.96. The number of nitrogens with zero attached hydrogens (tertiary/aromatic N) is 3. The number of aromatic nitrogens is 3. The molecule has 2 aromatic heterocycles. The molecular weight excluding hydrogens is 392 g/mol. The largest absolute Gasteiger partial charge is 0.382 e. The lowest BCUT2D eigenvalue weighted by molar-refractivity contribution is 0.562. The minimum atomic E-state index is -3.87. The summed E-state index contributed by atoms with van der Waals surface area (Å²) >= 11 is 7.10. The lowest BCUT2D eigenvalue weighted by Crippen LogP contribution is -2.14. The van der Waals surface area contributed by atoms with E-state index >= 15 is 0 Å². The van der Waals surface area contributed by atoms with E-state index < -0.39 is 9.84 Å². The second-order valence-electron chi connectivity index (χ2n) is 6.84. The van der Waals surface area contributed by atoms with Crippen LogP contribution < -0.4 is 5.73 Å². The van der Waals surface area contributed by atoms with Crippen molar-refractivity contribution in [3.63, 3.8) is 0 Å². The van der Waals surface area contributed by atoms with Gasteiger partial charge in [-0.1, -0.05) is 32.4 Å². The third-order valence-corrected chi connectivity index (χ3v) is 6.81. The van der Waals surface area contributed by atoms with Crippen LogP contribution in [0.3, 0.4) is 0 Å². The third-order valence-electron chi connectivity index (χ3n) is 3.92. The molecule has 0 spiro atoms. The average molecular weight is 411 g/mol. The number of nitrogen functional groups attached to an aromatic ring is 1. The van der Waals surface area contributed by atoms with Gasteiger partial charge in [-0.15, -0.1) is 11.8 Å². The molecule has 0 atom stereocenters. The summed E-state index contributed by atoms with van der Waals surface area (Å²) in [6.45, 7) is 6.06. The number of benzene rings is 1. The maximum Gasteiger partial charge on any atom is 0.212 e. The summed E-state index contributed by atoms with van der Waals surface area (Å²) in [5, 5.41) is 5.27. The van der Waals surface area contributed by atoms with Crippen LogP contribution in [-0.4, -0.2) is 29.3 Å². The van der Waals surface area contributed by atoms with E-state index in [1.54, 1.807) is 6.26 Å². The van der Waals surface area contributed by atoms with Gasteiger partial charge in [0.05, 0.1) is 10.6 Å². The summed E-state index contributed by atoms with van der Waals surface area (Å²) in [4.78, 5) is 4.54. The van der Waals surface area contributed by atoms with Gasteiger partial charge in [-0.2, -0.15) is 9.61 Å². The number of anilines is 1. The van der Waals surface area contributed by atoms with Crippen LogP contribution in [0.15, 0.2) is 45.1 Å². The Balaban J connectivity index is 2.31. The van der Waals surface area contributed by atoms with Crippen molar-refractivity contribution in [2.24, 2.45) is 0 Å². The molecule has 6 nitrogen and oxygen atoms in total. The quantitative estimate of drug-likeness (QED) is 0.521. The zero-order valence-corrected chi connectivity index (χ0v) is 17.2. The van der Waals surface area contributed by atoms with Crippen molar-refractivity contribution < 1.29 is 8.42 Å². The van der Waals surface area contributed by atoms with Gasteiger partial charge in [-0.25, -0.2) is 13.4 Å². The van der Waals surface area contributed by atoms with Gasteiger partial charge in [0.15, 0.2) is 5.65 Å². The highest BCUT2D eigenvalue weighted by atomic mass is 35.5. The predicted molar refractivity (Wildman–Crippen MR) is 105 cm³/mol. The van der Waals surface area contributed by atoms with Crippen LogP contribution >= 0.6 is 23.4 Å². The summed E-state index contributed by atoms with van der Waals surface area (Å²) in [6, 6.07) is 7.79. The molecule has 0 aliphatic rings. The number of rotatable bonds is 3.